The van der Waals surface area contributed by atoms with Crippen LogP contribution in [0.15, 0.2) is 46.1 Å². The van der Waals surface area contributed by atoms with Gasteiger partial charge in [-0.3, -0.25) is 0 Å². The zero-order chi connectivity index (χ0) is 16.9. The van der Waals surface area contributed by atoms with E-state index in [4.69, 9.17) is 13.9 Å². The molecule has 0 N–H and O–H groups in total. The summed E-state index contributed by atoms with van der Waals surface area (Å²) in [6.45, 7) is 2.61. The molecule has 0 bridgehead atoms. The Balaban J connectivity index is 2.32. The largest absolute Gasteiger partial charge is 0.496 e. The Labute approximate surface area is 136 Å². The van der Waals surface area contributed by atoms with Gasteiger partial charge in [-0.25, -0.2) is 8.42 Å². The van der Waals surface area contributed by atoms with Crippen LogP contribution < -0.4 is 4.74 Å². The van der Waals surface area contributed by atoms with E-state index >= 15 is 0 Å². The second kappa shape index (κ2) is 7.63. The Morgan fingerprint density at radius 1 is 1.22 bits per heavy atom. The minimum atomic E-state index is -3.64. The molecule has 1 heterocycles. The van der Waals surface area contributed by atoms with Gasteiger partial charge in [0.1, 0.15) is 5.75 Å². The molecule has 2 aromatic rings. The molecule has 0 aliphatic rings. The summed E-state index contributed by atoms with van der Waals surface area (Å²) >= 11 is 0. The topological polar surface area (TPSA) is 69.0 Å². The van der Waals surface area contributed by atoms with Crippen LogP contribution in [-0.4, -0.2) is 40.1 Å². The Hall–Kier alpha value is -1.83. The lowest BCUT2D eigenvalue weighted by atomic mass is 10.2. The van der Waals surface area contributed by atoms with Gasteiger partial charge in [-0.2, -0.15) is 4.31 Å². The van der Waals surface area contributed by atoms with E-state index in [0.29, 0.717) is 12.4 Å². The molecule has 126 valence electrons. The highest BCUT2D eigenvalue weighted by Gasteiger charge is 2.25. The Bertz CT molecular complexity index is 725. The molecule has 0 saturated carbocycles. The maximum atomic E-state index is 12.9. The maximum absolute atomic E-state index is 12.9. The first kappa shape index (κ1) is 17.5. The first-order chi connectivity index (χ1) is 11.0. The molecule has 1 aromatic carbocycles. The molecular weight excluding hydrogens is 318 g/mol. The van der Waals surface area contributed by atoms with E-state index < -0.39 is 10.0 Å². The quantitative estimate of drug-likeness (QED) is 0.739. The highest BCUT2D eigenvalue weighted by Crippen LogP contribution is 2.24. The summed E-state index contributed by atoms with van der Waals surface area (Å²) in [6.07, 6.45) is 3.06. The summed E-state index contributed by atoms with van der Waals surface area (Å²) < 4.78 is 42.4. The molecule has 0 atom stereocenters. The number of furan rings is 1. The average molecular weight is 339 g/mol. The highest BCUT2D eigenvalue weighted by molar-refractivity contribution is 7.89. The Morgan fingerprint density at radius 2 is 2.00 bits per heavy atom. The standard InChI is InChI=1S/C16H21NO5S/c1-13-10-15(4-5-16(13)21-3)23(18,19)17(7-9-20-2)11-14-6-8-22-12-14/h4-6,8,10,12H,7,9,11H2,1-3H3. The van der Waals surface area contributed by atoms with E-state index in [0.717, 1.165) is 11.1 Å². The third-order valence-corrected chi connectivity index (χ3v) is 5.33. The number of sulfonamides is 1. The van der Waals surface area contributed by atoms with Crippen LogP contribution in [0, 0.1) is 6.92 Å². The molecule has 0 saturated heterocycles. The third-order valence-electron chi connectivity index (χ3n) is 3.49. The second-order valence-electron chi connectivity index (χ2n) is 5.09. The minimum absolute atomic E-state index is 0.229. The number of rotatable bonds is 8. The number of methoxy groups -OCH3 is 2. The van der Waals surface area contributed by atoms with Crippen LogP contribution in [0.5, 0.6) is 5.75 Å². The predicted molar refractivity (Wildman–Crippen MR) is 85.9 cm³/mol. The van der Waals surface area contributed by atoms with E-state index in [-0.39, 0.29) is 18.0 Å². The number of benzene rings is 1. The van der Waals surface area contributed by atoms with Crippen molar-refractivity contribution in [3.05, 3.63) is 47.9 Å². The molecule has 23 heavy (non-hydrogen) atoms. The van der Waals surface area contributed by atoms with Crippen LogP contribution in [0.3, 0.4) is 0 Å². The van der Waals surface area contributed by atoms with Gasteiger partial charge in [-0.05, 0) is 36.8 Å². The SMILES string of the molecule is COCCN(Cc1ccoc1)S(=O)(=O)c1ccc(OC)c(C)c1. The zero-order valence-corrected chi connectivity index (χ0v) is 14.3. The van der Waals surface area contributed by atoms with E-state index in [9.17, 15) is 8.42 Å². The van der Waals surface area contributed by atoms with E-state index in [1.807, 2.05) is 6.92 Å². The molecule has 0 spiro atoms. The Kier molecular flexibility index (Phi) is 5.81. The fourth-order valence-corrected chi connectivity index (χ4v) is 3.72. The fraction of sp³-hybridized carbons (Fsp3) is 0.375. The number of hydrogen-bond donors (Lipinski definition) is 0. The van der Waals surface area contributed by atoms with Crippen molar-refractivity contribution in [1.29, 1.82) is 0 Å². The van der Waals surface area contributed by atoms with Crippen molar-refractivity contribution in [2.75, 3.05) is 27.4 Å². The number of ether oxygens (including phenoxy) is 2. The third kappa shape index (κ3) is 4.13. The van der Waals surface area contributed by atoms with Gasteiger partial charge in [0.05, 0.1) is 31.1 Å². The van der Waals surface area contributed by atoms with Gasteiger partial charge in [0.2, 0.25) is 10.0 Å². The second-order valence-corrected chi connectivity index (χ2v) is 7.03. The molecule has 7 heteroatoms. The van der Waals surface area contributed by atoms with Crippen LogP contribution in [-0.2, 0) is 21.3 Å². The van der Waals surface area contributed by atoms with E-state index in [1.54, 1.807) is 38.5 Å². The lowest BCUT2D eigenvalue weighted by Gasteiger charge is -2.22. The zero-order valence-electron chi connectivity index (χ0n) is 13.5. The van der Waals surface area contributed by atoms with Gasteiger partial charge in [-0.15, -0.1) is 0 Å². The van der Waals surface area contributed by atoms with Gasteiger partial charge in [0.25, 0.3) is 0 Å². The van der Waals surface area contributed by atoms with Crippen LogP contribution in [0.4, 0.5) is 0 Å². The smallest absolute Gasteiger partial charge is 0.243 e. The first-order valence-electron chi connectivity index (χ1n) is 7.14. The summed E-state index contributed by atoms with van der Waals surface area (Å²) in [5.41, 5.74) is 1.55. The van der Waals surface area contributed by atoms with Crippen molar-refractivity contribution in [2.24, 2.45) is 0 Å². The molecule has 2 rings (SSSR count). The molecule has 0 aliphatic carbocycles. The summed E-state index contributed by atoms with van der Waals surface area (Å²) in [6, 6.07) is 6.57. The Morgan fingerprint density at radius 3 is 2.57 bits per heavy atom. The van der Waals surface area contributed by atoms with Crippen molar-refractivity contribution >= 4 is 10.0 Å². The fourth-order valence-electron chi connectivity index (χ4n) is 2.22. The number of nitrogens with zero attached hydrogens (tertiary/aromatic N) is 1. The highest BCUT2D eigenvalue weighted by atomic mass is 32.2. The van der Waals surface area contributed by atoms with Gasteiger partial charge in [0, 0.05) is 25.8 Å². The minimum Gasteiger partial charge on any atom is -0.496 e. The van der Waals surface area contributed by atoms with Crippen LogP contribution in [0.2, 0.25) is 0 Å². The molecule has 0 radical (unpaired) electrons. The van der Waals surface area contributed by atoms with Crippen molar-refractivity contribution in [3.63, 3.8) is 0 Å². The summed E-state index contributed by atoms with van der Waals surface area (Å²) in [7, 11) is -0.543. The van der Waals surface area contributed by atoms with E-state index in [2.05, 4.69) is 0 Å². The molecule has 0 aliphatic heterocycles. The monoisotopic (exact) mass is 339 g/mol. The van der Waals surface area contributed by atoms with Gasteiger partial charge in [-0.1, -0.05) is 0 Å². The van der Waals surface area contributed by atoms with Crippen molar-refractivity contribution < 1.29 is 22.3 Å². The summed E-state index contributed by atoms with van der Waals surface area (Å²) in [5.74, 6) is 0.655. The van der Waals surface area contributed by atoms with Gasteiger partial charge in [0.15, 0.2) is 0 Å². The predicted octanol–water partition coefficient (Wildman–Crippen LogP) is 2.43. The van der Waals surface area contributed by atoms with Crippen LogP contribution in [0.25, 0.3) is 0 Å². The molecule has 0 unspecified atom stereocenters. The van der Waals surface area contributed by atoms with E-state index in [1.165, 1.54) is 16.8 Å². The lowest BCUT2D eigenvalue weighted by molar-refractivity contribution is 0.177. The van der Waals surface area contributed by atoms with Gasteiger partial charge < -0.3 is 13.9 Å². The molecule has 0 amide bonds. The van der Waals surface area contributed by atoms with Crippen LogP contribution >= 0.6 is 0 Å². The van der Waals surface area contributed by atoms with Gasteiger partial charge >= 0.3 is 0 Å². The number of aryl methyl sites for hydroxylation is 1. The molecular formula is C16H21NO5S. The van der Waals surface area contributed by atoms with Crippen LogP contribution in [0.1, 0.15) is 11.1 Å². The summed E-state index contributed by atoms with van der Waals surface area (Å²) in [5, 5.41) is 0. The maximum Gasteiger partial charge on any atom is 0.243 e. The summed E-state index contributed by atoms with van der Waals surface area (Å²) in [4.78, 5) is 0.232. The van der Waals surface area contributed by atoms with Crippen molar-refractivity contribution in [3.8, 4) is 5.75 Å². The lowest BCUT2D eigenvalue weighted by Crippen LogP contribution is -2.33. The average Bonchev–Trinajstić information content (AvgIpc) is 3.04. The normalized spacial score (nSPS) is 11.8. The first-order valence-corrected chi connectivity index (χ1v) is 8.58. The molecule has 1 aromatic heterocycles. The molecule has 0 fully saturated rings. The molecule has 6 nitrogen and oxygen atoms in total. The number of hydrogen-bond acceptors (Lipinski definition) is 5. The van der Waals surface area contributed by atoms with Crippen molar-refractivity contribution in [2.45, 2.75) is 18.4 Å². The van der Waals surface area contributed by atoms with Crippen molar-refractivity contribution in [1.82, 2.24) is 4.31 Å².